The third kappa shape index (κ3) is 2.42. The first-order valence-electron chi connectivity index (χ1n) is 7.14. The molecule has 3 aromatic rings. The summed E-state index contributed by atoms with van der Waals surface area (Å²) in [7, 11) is 4.36. The number of methoxy groups -OCH3 is 3. The quantitative estimate of drug-likeness (QED) is 0.737. The van der Waals surface area contributed by atoms with Gasteiger partial charge in [0.25, 0.3) is 0 Å². The van der Waals surface area contributed by atoms with Gasteiger partial charge in [-0.2, -0.15) is 0 Å². The molecule has 0 saturated carbocycles. The fraction of sp³-hybridized carbons (Fsp3) is 0.167. The molecule has 1 N–H and O–H groups in total. The number of carbonyl (C=O) groups excluding carboxylic acids is 1. The first-order chi connectivity index (χ1) is 11.6. The molecule has 0 fully saturated rings. The van der Waals surface area contributed by atoms with Gasteiger partial charge in [-0.1, -0.05) is 6.07 Å². The van der Waals surface area contributed by atoms with Gasteiger partial charge in [0.15, 0.2) is 11.5 Å². The van der Waals surface area contributed by atoms with E-state index in [1.165, 1.54) is 26.5 Å². The maximum atomic E-state index is 12.2. The van der Waals surface area contributed by atoms with Crippen molar-refractivity contribution in [3.8, 4) is 28.4 Å². The van der Waals surface area contributed by atoms with Crippen LogP contribution in [0.3, 0.4) is 0 Å². The van der Waals surface area contributed by atoms with Crippen LogP contribution >= 0.6 is 0 Å². The number of hydrogen-bond donors (Lipinski definition) is 1. The van der Waals surface area contributed by atoms with E-state index in [1.807, 2.05) is 0 Å². The fourth-order valence-electron chi connectivity index (χ4n) is 2.66. The SMILES string of the molecule is COC(=O)c1cc(O)c2ccoc2c1-c1ccc(OC)c(OC)c1. The Morgan fingerprint density at radius 2 is 1.79 bits per heavy atom. The van der Waals surface area contributed by atoms with Gasteiger partial charge >= 0.3 is 5.97 Å². The van der Waals surface area contributed by atoms with E-state index in [1.54, 1.807) is 31.4 Å². The number of hydrogen-bond acceptors (Lipinski definition) is 6. The Morgan fingerprint density at radius 3 is 2.46 bits per heavy atom. The Labute approximate surface area is 138 Å². The molecule has 0 aliphatic heterocycles. The van der Waals surface area contributed by atoms with Gasteiger partial charge in [-0.05, 0) is 29.8 Å². The lowest BCUT2D eigenvalue weighted by molar-refractivity contribution is 0.0601. The maximum Gasteiger partial charge on any atom is 0.338 e. The van der Waals surface area contributed by atoms with Crippen LogP contribution in [0.15, 0.2) is 41.0 Å². The largest absolute Gasteiger partial charge is 0.507 e. The molecule has 1 heterocycles. The van der Waals surface area contributed by atoms with Gasteiger partial charge in [-0.15, -0.1) is 0 Å². The number of benzene rings is 2. The normalized spacial score (nSPS) is 10.6. The van der Waals surface area contributed by atoms with E-state index in [-0.39, 0.29) is 11.3 Å². The van der Waals surface area contributed by atoms with Gasteiger partial charge in [0.05, 0.1) is 38.5 Å². The molecular formula is C18H16O6. The van der Waals surface area contributed by atoms with E-state index in [9.17, 15) is 9.90 Å². The van der Waals surface area contributed by atoms with Crippen LogP contribution in [-0.2, 0) is 4.74 Å². The zero-order valence-corrected chi connectivity index (χ0v) is 13.5. The molecule has 24 heavy (non-hydrogen) atoms. The Kier molecular flexibility index (Phi) is 4.04. The van der Waals surface area contributed by atoms with Crippen LogP contribution in [0.4, 0.5) is 0 Å². The number of rotatable bonds is 4. The van der Waals surface area contributed by atoms with Crippen molar-refractivity contribution in [2.24, 2.45) is 0 Å². The summed E-state index contributed by atoms with van der Waals surface area (Å²) in [6, 6.07) is 8.25. The van der Waals surface area contributed by atoms with Crippen LogP contribution in [0.2, 0.25) is 0 Å². The number of aromatic hydroxyl groups is 1. The van der Waals surface area contributed by atoms with Crippen LogP contribution in [0.1, 0.15) is 10.4 Å². The number of phenolic OH excluding ortho intramolecular Hbond substituents is 1. The lowest BCUT2D eigenvalue weighted by Crippen LogP contribution is -2.04. The molecule has 0 spiro atoms. The molecule has 0 aliphatic carbocycles. The summed E-state index contributed by atoms with van der Waals surface area (Å²) < 4.78 is 20.9. The number of phenols is 1. The van der Waals surface area contributed by atoms with Crippen molar-refractivity contribution >= 4 is 16.9 Å². The molecule has 0 aliphatic rings. The van der Waals surface area contributed by atoms with E-state index < -0.39 is 5.97 Å². The molecular weight excluding hydrogens is 312 g/mol. The van der Waals surface area contributed by atoms with Crippen molar-refractivity contribution in [3.63, 3.8) is 0 Å². The second kappa shape index (κ2) is 6.16. The molecule has 0 amide bonds. The monoisotopic (exact) mass is 328 g/mol. The van der Waals surface area contributed by atoms with Crippen LogP contribution in [0, 0.1) is 0 Å². The second-order valence-corrected chi connectivity index (χ2v) is 5.04. The average molecular weight is 328 g/mol. The van der Waals surface area contributed by atoms with Crippen LogP contribution < -0.4 is 9.47 Å². The van der Waals surface area contributed by atoms with E-state index in [2.05, 4.69) is 0 Å². The summed E-state index contributed by atoms with van der Waals surface area (Å²) in [6.07, 6.45) is 1.45. The van der Waals surface area contributed by atoms with E-state index in [0.717, 1.165) is 0 Å². The Morgan fingerprint density at radius 1 is 1.04 bits per heavy atom. The standard InChI is InChI=1S/C18H16O6/c1-21-14-5-4-10(8-15(14)22-2)16-12(18(20)23-3)9-13(19)11-6-7-24-17(11)16/h4-9,19H,1-3H3. The lowest BCUT2D eigenvalue weighted by Gasteiger charge is -2.13. The van der Waals surface area contributed by atoms with Crippen molar-refractivity contribution in [2.45, 2.75) is 0 Å². The van der Waals surface area contributed by atoms with E-state index in [4.69, 9.17) is 18.6 Å². The van der Waals surface area contributed by atoms with Gasteiger partial charge in [0.2, 0.25) is 0 Å². The number of esters is 1. The maximum absolute atomic E-state index is 12.2. The van der Waals surface area contributed by atoms with Gasteiger partial charge in [-0.3, -0.25) is 0 Å². The van der Waals surface area contributed by atoms with E-state index in [0.29, 0.717) is 33.6 Å². The smallest absolute Gasteiger partial charge is 0.338 e. The predicted octanol–water partition coefficient (Wildman–Crippen LogP) is 3.61. The number of carbonyl (C=O) groups is 1. The van der Waals surface area contributed by atoms with Crippen LogP contribution in [0.25, 0.3) is 22.1 Å². The topological polar surface area (TPSA) is 78.1 Å². The lowest BCUT2D eigenvalue weighted by atomic mass is 9.96. The number of ether oxygens (including phenoxy) is 3. The van der Waals surface area contributed by atoms with Crippen molar-refractivity contribution in [3.05, 3.63) is 42.2 Å². The third-order valence-corrected chi connectivity index (χ3v) is 3.80. The van der Waals surface area contributed by atoms with Gasteiger partial charge in [-0.25, -0.2) is 4.79 Å². The highest BCUT2D eigenvalue weighted by atomic mass is 16.5. The van der Waals surface area contributed by atoms with Crippen molar-refractivity contribution in [1.82, 2.24) is 0 Å². The first kappa shape index (κ1) is 15.7. The van der Waals surface area contributed by atoms with Crippen LogP contribution in [0.5, 0.6) is 17.2 Å². The predicted molar refractivity (Wildman–Crippen MR) is 87.8 cm³/mol. The highest BCUT2D eigenvalue weighted by molar-refractivity contribution is 6.08. The fourth-order valence-corrected chi connectivity index (χ4v) is 2.66. The molecule has 2 aromatic carbocycles. The molecule has 3 rings (SSSR count). The minimum Gasteiger partial charge on any atom is -0.507 e. The van der Waals surface area contributed by atoms with Gasteiger partial charge < -0.3 is 23.7 Å². The zero-order valence-electron chi connectivity index (χ0n) is 13.5. The Hall–Kier alpha value is -3.15. The summed E-state index contributed by atoms with van der Waals surface area (Å²) in [5.41, 5.74) is 1.78. The summed E-state index contributed by atoms with van der Waals surface area (Å²) in [5.74, 6) is 0.450. The Bertz CT molecular complexity index is 909. The van der Waals surface area contributed by atoms with Crippen molar-refractivity contribution in [1.29, 1.82) is 0 Å². The second-order valence-electron chi connectivity index (χ2n) is 5.04. The summed E-state index contributed by atoms with van der Waals surface area (Å²) in [6.45, 7) is 0. The van der Waals surface area contributed by atoms with Crippen LogP contribution in [-0.4, -0.2) is 32.4 Å². The number of fused-ring (bicyclic) bond motifs is 1. The summed E-state index contributed by atoms with van der Waals surface area (Å²) >= 11 is 0. The van der Waals surface area contributed by atoms with Gasteiger partial charge in [0.1, 0.15) is 11.3 Å². The summed E-state index contributed by atoms with van der Waals surface area (Å²) in [5, 5.41) is 10.6. The zero-order chi connectivity index (χ0) is 17.3. The Balaban J connectivity index is 2.34. The molecule has 0 atom stereocenters. The molecule has 0 unspecified atom stereocenters. The third-order valence-electron chi connectivity index (χ3n) is 3.80. The minimum absolute atomic E-state index is 0.0524. The molecule has 0 saturated heterocycles. The highest BCUT2D eigenvalue weighted by Gasteiger charge is 2.22. The molecule has 6 nitrogen and oxygen atoms in total. The average Bonchev–Trinajstić information content (AvgIpc) is 3.10. The molecule has 0 bridgehead atoms. The molecule has 1 aromatic heterocycles. The number of furan rings is 1. The van der Waals surface area contributed by atoms with Crippen molar-refractivity contribution in [2.75, 3.05) is 21.3 Å². The molecule has 124 valence electrons. The van der Waals surface area contributed by atoms with Crippen molar-refractivity contribution < 1.29 is 28.5 Å². The molecule has 0 radical (unpaired) electrons. The first-order valence-corrected chi connectivity index (χ1v) is 7.14. The minimum atomic E-state index is -0.576. The molecule has 6 heteroatoms. The van der Waals surface area contributed by atoms with E-state index >= 15 is 0 Å². The van der Waals surface area contributed by atoms with Gasteiger partial charge in [0, 0.05) is 5.56 Å². The summed E-state index contributed by atoms with van der Waals surface area (Å²) in [4.78, 5) is 12.2. The highest BCUT2D eigenvalue weighted by Crippen LogP contribution is 2.41.